The average Bonchev–Trinajstić information content (AvgIpc) is 2.42. The number of hydrogen-bond donors (Lipinski definition) is 1. The highest BCUT2D eigenvalue weighted by molar-refractivity contribution is 9.10. The minimum atomic E-state index is 0.250. The number of nitrogens with zero attached hydrogens (tertiary/aromatic N) is 1. The summed E-state index contributed by atoms with van der Waals surface area (Å²) in [4.78, 5) is 2.49. The number of benzene rings is 1. The fourth-order valence-corrected chi connectivity index (χ4v) is 3.16. The first-order chi connectivity index (χ1) is 9.15. The van der Waals surface area contributed by atoms with Gasteiger partial charge < -0.3 is 10.5 Å². The van der Waals surface area contributed by atoms with Crippen LogP contribution in [0, 0.1) is 5.92 Å². The van der Waals surface area contributed by atoms with Crippen molar-refractivity contribution in [3.63, 3.8) is 0 Å². The molecule has 0 aromatic heterocycles. The van der Waals surface area contributed by atoms with Crippen LogP contribution in [0.2, 0.25) is 0 Å². The Morgan fingerprint density at radius 2 is 2.11 bits per heavy atom. The first-order valence-corrected chi connectivity index (χ1v) is 7.72. The standard InChI is InChI=1S/C15H23BrN2O/c1-11-5-7-18(8-6-11)14(10-17)13-9-12(16)3-4-15(13)19-2/h3-4,9,11,14H,5-8,10,17H2,1-2H3. The van der Waals surface area contributed by atoms with Crippen molar-refractivity contribution in [3.8, 4) is 5.75 Å². The molecule has 0 spiro atoms. The number of halogens is 1. The summed E-state index contributed by atoms with van der Waals surface area (Å²) in [7, 11) is 1.72. The molecule has 1 heterocycles. The van der Waals surface area contributed by atoms with Gasteiger partial charge in [0.25, 0.3) is 0 Å². The lowest BCUT2D eigenvalue weighted by atomic mass is 9.95. The third kappa shape index (κ3) is 3.50. The van der Waals surface area contributed by atoms with Crippen LogP contribution in [0.4, 0.5) is 0 Å². The lowest BCUT2D eigenvalue weighted by Gasteiger charge is -2.37. The zero-order valence-corrected chi connectivity index (χ0v) is 13.3. The molecule has 0 aliphatic carbocycles. The lowest BCUT2D eigenvalue weighted by molar-refractivity contribution is 0.139. The SMILES string of the molecule is COc1ccc(Br)cc1C(CN)N1CCC(C)CC1. The molecule has 1 unspecified atom stereocenters. The van der Waals surface area contributed by atoms with E-state index < -0.39 is 0 Å². The van der Waals surface area contributed by atoms with Gasteiger partial charge in [-0.3, -0.25) is 4.90 Å². The van der Waals surface area contributed by atoms with Crippen LogP contribution >= 0.6 is 15.9 Å². The van der Waals surface area contributed by atoms with Gasteiger partial charge in [-0.2, -0.15) is 0 Å². The zero-order valence-electron chi connectivity index (χ0n) is 11.7. The topological polar surface area (TPSA) is 38.5 Å². The third-order valence-corrected chi connectivity index (χ3v) is 4.53. The van der Waals surface area contributed by atoms with Crippen molar-refractivity contribution in [2.75, 3.05) is 26.7 Å². The molecule has 3 nitrogen and oxygen atoms in total. The minimum Gasteiger partial charge on any atom is -0.496 e. The largest absolute Gasteiger partial charge is 0.496 e. The van der Waals surface area contributed by atoms with Crippen LogP contribution in [0.5, 0.6) is 5.75 Å². The minimum absolute atomic E-state index is 0.250. The van der Waals surface area contributed by atoms with Crippen LogP contribution in [0.25, 0.3) is 0 Å². The van der Waals surface area contributed by atoms with Crippen molar-refractivity contribution in [1.29, 1.82) is 0 Å². The molecule has 0 saturated carbocycles. The van der Waals surface area contributed by atoms with E-state index in [0.717, 1.165) is 29.2 Å². The van der Waals surface area contributed by atoms with Gasteiger partial charge in [0, 0.05) is 16.6 Å². The number of likely N-dealkylation sites (tertiary alicyclic amines) is 1. The van der Waals surface area contributed by atoms with E-state index in [1.807, 2.05) is 12.1 Å². The summed E-state index contributed by atoms with van der Waals surface area (Å²) in [6.07, 6.45) is 2.51. The predicted octanol–water partition coefficient (Wildman–Crippen LogP) is 3.19. The van der Waals surface area contributed by atoms with E-state index >= 15 is 0 Å². The highest BCUT2D eigenvalue weighted by atomic mass is 79.9. The van der Waals surface area contributed by atoms with Crippen molar-refractivity contribution in [3.05, 3.63) is 28.2 Å². The summed E-state index contributed by atoms with van der Waals surface area (Å²) < 4.78 is 6.57. The molecule has 1 saturated heterocycles. The fourth-order valence-electron chi connectivity index (χ4n) is 2.78. The second-order valence-electron chi connectivity index (χ2n) is 5.36. The molecule has 1 aliphatic heterocycles. The maximum atomic E-state index is 6.03. The van der Waals surface area contributed by atoms with Gasteiger partial charge in [-0.05, 0) is 50.0 Å². The molecule has 0 radical (unpaired) electrons. The number of nitrogens with two attached hydrogens (primary N) is 1. The Balaban J connectivity index is 2.23. The molecule has 1 aliphatic rings. The Labute approximate surface area is 124 Å². The predicted molar refractivity (Wildman–Crippen MR) is 82.5 cm³/mol. The Kier molecular flexibility index (Phi) is 5.25. The summed E-state index contributed by atoms with van der Waals surface area (Å²) in [6, 6.07) is 6.40. The van der Waals surface area contributed by atoms with E-state index in [1.54, 1.807) is 7.11 Å². The highest BCUT2D eigenvalue weighted by Gasteiger charge is 2.25. The molecular weight excluding hydrogens is 304 g/mol. The van der Waals surface area contributed by atoms with Gasteiger partial charge in [-0.1, -0.05) is 22.9 Å². The van der Waals surface area contributed by atoms with Crippen LogP contribution in [-0.4, -0.2) is 31.6 Å². The maximum absolute atomic E-state index is 6.03. The molecule has 106 valence electrons. The van der Waals surface area contributed by atoms with Gasteiger partial charge in [0.05, 0.1) is 13.2 Å². The van der Waals surface area contributed by atoms with E-state index in [-0.39, 0.29) is 6.04 Å². The molecule has 1 aromatic rings. The fraction of sp³-hybridized carbons (Fsp3) is 0.600. The van der Waals surface area contributed by atoms with Gasteiger partial charge in [0.15, 0.2) is 0 Å². The first-order valence-electron chi connectivity index (χ1n) is 6.93. The quantitative estimate of drug-likeness (QED) is 0.923. The van der Waals surface area contributed by atoms with Gasteiger partial charge in [-0.15, -0.1) is 0 Å². The van der Waals surface area contributed by atoms with Crippen molar-refractivity contribution in [2.45, 2.75) is 25.8 Å². The van der Waals surface area contributed by atoms with E-state index in [9.17, 15) is 0 Å². The average molecular weight is 327 g/mol. The van der Waals surface area contributed by atoms with Crippen LogP contribution in [-0.2, 0) is 0 Å². The molecule has 0 bridgehead atoms. The van der Waals surface area contributed by atoms with E-state index in [2.05, 4.69) is 33.8 Å². The summed E-state index contributed by atoms with van der Waals surface area (Å²) in [6.45, 7) is 5.20. The van der Waals surface area contributed by atoms with Gasteiger partial charge in [0.2, 0.25) is 0 Å². The van der Waals surface area contributed by atoms with Crippen molar-refractivity contribution >= 4 is 15.9 Å². The Hall–Kier alpha value is -0.580. The molecule has 1 atom stereocenters. The number of rotatable bonds is 4. The normalized spacial score (nSPS) is 19.4. The second kappa shape index (κ2) is 6.73. The molecular formula is C15H23BrN2O. The third-order valence-electron chi connectivity index (χ3n) is 4.03. The smallest absolute Gasteiger partial charge is 0.123 e. The highest BCUT2D eigenvalue weighted by Crippen LogP contribution is 2.33. The summed E-state index contributed by atoms with van der Waals surface area (Å²) >= 11 is 3.54. The van der Waals surface area contributed by atoms with Crippen LogP contribution in [0.15, 0.2) is 22.7 Å². The van der Waals surface area contributed by atoms with Crippen LogP contribution < -0.4 is 10.5 Å². The van der Waals surface area contributed by atoms with Crippen LogP contribution in [0.1, 0.15) is 31.4 Å². The maximum Gasteiger partial charge on any atom is 0.123 e. The number of methoxy groups -OCH3 is 1. The van der Waals surface area contributed by atoms with Gasteiger partial charge >= 0.3 is 0 Å². The Morgan fingerprint density at radius 3 is 2.68 bits per heavy atom. The zero-order chi connectivity index (χ0) is 13.8. The molecule has 0 amide bonds. The summed E-state index contributed by atoms with van der Waals surface area (Å²) in [5.74, 6) is 1.76. The molecule has 2 N–H and O–H groups in total. The van der Waals surface area contributed by atoms with Gasteiger partial charge in [-0.25, -0.2) is 0 Å². The Morgan fingerprint density at radius 1 is 1.42 bits per heavy atom. The Bertz CT molecular complexity index is 417. The van der Waals surface area contributed by atoms with Crippen LogP contribution in [0.3, 0.4) is 0 Å². The number of piperidine rings is 1. The molecule has 1 fully saturated rings. The monoisotopic (exact) mass is 326 g/mol. The van der Waals surface area contributed by atoms with E-state index in [1.165, 1.54) is 18.4 Å². The lowest BCUT2D eigenvalue weighted by Crippen LogP contribution is -2.39. The van der Waals surface area contributed by atoms with Gasteiger partial charge in [0.1, 0.15) is 5.75 Å². The molecule has 1 aromatic carbocycles. The van der Waals surface area contributed by atoms with E-state index in [0.29, 0.717) is 6.54 Å². The number of hydrogen-bond acceptors (Lipinski definition) is 3. The molecule has 4 heteroatoms. The summed E-state index contributed by atoms with van der Waals surface area (Å²) in [5, 5.41) is 0. The molecule has 19 heavy (non-hydrogen) atoms. The molecule has 2 rings (SSSR count). The summed E-state index contributed by atoms with van der Waals surface area (Å²) in [5.41, 5.74) is 7.22. The van der Waals surface area contributed by atoms with Crippen molar-refractivity contribution in [1.82, 2.24) is 4.90 Å². The second-order valence-corrected chi connectivity index (χ2v) is 6.27. The number of ether oxygens (including phenoxy) is 1. The van der Waals surface area contributed by atoms with E-state index in [4.69, 9.17) is 10.5 Å². The van der Waals surface area contributed by atoms with Crippen molar-refractivity contribution in [2.24, 2.45) is 11.7 Å². The van der Waals surface area contributed by atoms with Crippen molar-refractivity contribution < 1.29 is 4.74 Å². The first kappa shape index (κ1) is 14.8.